The molecule has 0 bridgehead atoms. The summed E-state index contributed by atoms with van der Waals surface area (Å²) in [6.07, 6.45) is 0. The van der Waals surface area contributed by atoms with Crippen molar-refractivity contribution in [1.82, 2.24) is 0 Å². The fraction of sp³-hybridized carbons (Fsp3) is 0.500. The van der Waals surface area contributed by atoms with Crippen LogP contribution in [0.2, 0.25) is 0 Å². The number of hydrogen-bond donors (Lipinski definition) is 1. The molecule has 0 amide bonds. The molecule has 0 aromatic heterocycles. The number of rotatable bonds is 8. The van der Waals surface area contributed by atoms with Crippen LogP contribution >= 0.6 is 0 Å². The molecule has 0 spiro atoms. The smallest absolute Gasteiger partial charge is 0.370 e. The highest BCUT2D eigenvalue weighted by Crippen LogP contribution is 2.13. The van der Waals surface area contributed by atoms with E-state index in [1.165, 1.54) is 12.1 Å². The summed E-state index contributed by atoms with van der Waals surface area (Å²) in [5, 5.41) is 0.662. The average molecular weight is 320 g/mol. The lowest BCUT2D eigenvalue weighted by molar-refractivity contribution is 0.0859. The zero-order valence-corrected chi connectivity index (χ0v) is 13.6. The standard InChI is InChI=1S/C12H20O6SSi/c1-4-16-20(17-5-2,18-6-3)12-9-7-11(8-10-12)19(13,14)15/h7-10H,4-6H2,1-3H3,(H,13,14,15). The Morgan fingerprint density at radius 2 is 1.35 bits per heavy atom. The Morgan fingerprint density at radius 1 is 0.950 bits per heavy atom. The van der Waals surface area contributed by atoms with Gasteiger partial charge in [-0.3, -0.25) is 4.55 Å². The Hall–Kier alpha value is -0.773. The molecule has 0 saturated heterocycles. The van der Waals surface area contributed by atoms with Crippen LogP contribution in [0.3, 0.4) is 0 Å². The van der Waals surface area contributed by atoms with Crippen LogP contribution in [-0.4, -0.2) is 41.6 Å². The van der Waals surface area contributed by atoms with E-state index in [9.17, 15) is 8.42 Å². The second-order valence-corrected chi connectivity index (χ2v) is 7.83. The van der Waals surface area contributed by atoms with Gasteiger partial charge in [0.15, 0.2) is 0 Å². The van der Waals surface area contributed by atoms with Crippen LogP contribution in [0.15, 0.2) is 29.2 Å². The molecule has 0 aliphatic rings. The van der Waals surface area contributed by atoms with Gasteiger partial charge in [0.05, 0.1) is 4.90 Å². The molecule has 0 fully saturated rings. The highest BCUT2D eigenvalue weighted by molar-refractivity contribution is 7.85. The van der Waals surface area contributed by atoms with Gasteiger partial charge < -0.3 is 13.3 Å². The summed E-state index contributed by atoms with van der Waals surface area (Å²) in [6, 6.07) is 5.72. The van der Waals surface area contributed by atoms with Crippen molar-refractivity contribution in [3.05, 3.63) is 24.3 Å². The van der Waals surface area contributed by atoms with Crippen LogP contribution in [-0.2, 0) is 23.4 Å². The van der Waals surface area contributed by atoms with Crippen LogP contribution in [0, 0.1) is 0 Å². The lowest BCUT2D eigenvalue weighted by atomic mass is 10.4. The minimum atomic E-state index is -4.21. The van der Waals surface area contributed by atoms with E-state index in [2.05, 4.69) is 0 Å². The quantitative estimate of drug-likeness (QED) is 0.572. The first-order valence-electron chi connectivity index (χ1n) is 6.39. The van der Waals surface area contributed by atoms with Crippen molar-refractivity contribution in [3.8, 4) is 0 Å². The molecule has 8 heteroatoms. The van der Waals surface area contributed by atoms with Gasteiger partial charge in [-0.15, -0.1) is 0 Å². The zero-order chi connectivity index (χ0) is 15.2. The Morgan fingerprint density at radius 3 is 1.65 bits per heavy atom. The van der Waals surface area contributed by atoms with Gasteiger partial charge >= 0.3 is 8.80 Å². The summed E-state index contributed by atoms with van der Waals surface area (Å²) in [7, 11) is -7.24. The predicted molar refractivity (Wildman–Crippen MR) is 76.5 cm³/mol. The van der Waals surface area contributed by atoms with E-state index >= 15 is 0 Å². The van der Waals surface area contributed by atoms with Gasteiger partial charge in [-0.2, -0.15) is 8.42 Å². The normalized spacial score (nSPS) is 12.6. The van der Waals surface area contributed by atoms with Gasteiger partial charge in [0.25, 0.3) is 10.1 Å². The van der Waals surface area contributed by atoms with Crippen molar-refractivity contribution in [2.24, 2.45) is 0 Å². The maximum Gasteiger partial charge on any atom is 0.537 e. The fourth-order valence-corrected chi connectivity index (χ4v) is 4.72. The maximum absolute atomic E-state index is 11.0. The van der Waals surface area contributed by atoms with Gasteiger partial charge in [0.2, 0.25) is 0 Å². The SMILES string of the molecule is CCO[Si](OCC)(OCC)c1ccc(S(=O)(=O)O)cc1. The van der Waals surface area contributed by atoms with Gasteiger partial charge in [-0.1, -0.05) is 12.1 Å². The van der Waals surface area contributed by atoms with Crippen molar-refractivity contribution < 1.29 is 26.2 Å². The average Bonchev–Trinajstić information content (AvgIpc) is 2.38. The monoisotopic (exact) mass is 320 g/mol. The van der Waals surface area contributed by atoms with E-state index in [4.69, 9.17) is 17.8 Å². The summed E-state index contributed by atoms with van der Waals surface area (Å²) in [4.78, 5) is -0.173. The van der Waals surface area contributed by atoms with Crippen molar-refractivity contribution in [3.63, 3.8) is 0 Å². The third-order valence-corrected chi connectivity index (χ3v) is 6.42. The van der Waals surface area contributed by atoms with E-state index in [1.807, 2.05) is 20.8 Å². The van der Waals surface area contributed by atoms with Crippen LogP contribution in [0.4, 0.5) is 0 Å². The molecule has 114 valence electrons. The summed E-state index contributed by atoms with van der Waals surface area (Å²) < 4.78 is 48.2. The molecule has 0 unspecified atom stereocenters. The molecule has 20 heavy (non-hydrogen) atoms. The van der Waals surface area contributed by atoms with Crippen LogP contribution in [0.5, 0.6) is 0 Å². The summed E-state index contributed by atoms with van der Waals surface area (Å²) >= 11 is 0. The zero-order valence-electron chi connectivity index (χ0n) is 11.8. The summed E-state index contributed by atoms with van der Waals surface area (Å²) in [6.45, 7) is 6.79. The predicted octanol–water partition coefficient (Wildman–Crippen LogP) is 1.19. The Balaban J connectivity index is 3.19. The van der Waals surface area contributed by atoms with Gasteiger partial charge in [0.1, 0.15) is 0 Å². The highest BCUT2D eigenvalue weighted by Gasteiger charge is 2.43. The molecule has 0 atom stereocenters. The van der Waals surface area contributed by atoms with Crippen LogP contribution < -0.4 is 5.19 Å². The Bertz CT molecular complexity index is 496. The molecular formula is C12H20O6SSi. The van der Waals surface area contributed by atoms with Gasteiger partial charge in [0, 0.05) is 25.0 Å². The summed E-state index contributed by atoms with van der Waals surface area (Å²) in [5.41, 5.74) is 0. The molecule has 1 aromatic carbocycles. The number of benzene rings is 1. The lowest BCUT2D eigenvalue weighted by Gasteiger charge is -2.28. The molecule has 0 radical (unpaired) electrons. The van der Waals surface area contributed by atoms with E-state index in [0.717, 1.165) is 0 Å². The van der Waals surface area contributed by atoms with Crippen molar-refractivity contribution in [2.45, 2.75) is 25.7 Å². The highest BCUT2D eigenvalue weighted by atomic mass is 32.2. The first-order chi connectivity index (χ1) is 9.39. The van der Waals surface area contributed by atoms with Crippen LogP contribution in [0.25, 0.3) is 0 Å². The minimum Gasteiger partial charge on any atom is -0.370 e. The van der Waals surface area contributed by atoms with Crippen LogP contribution in [0.1, 0.15) is 20.8 Å². The van der Waals surface area contributed by atoms with Crippen molar-refractivity contribution in [2.75, 3.05) is 19.8 Å². The largest absolute Gasteiger partial charge is 0.537 e. The van der Waals surface area contributed by atoms with Gasteiger partial charge in [-0.25, -0.2) is 0 Å². The molecule has 1 rings (SSSR count). The van der Waals surface area contributed by atoms with Crippen molar-refractivity contribution >= 4 is 24.1 Å². The molecule has 0 aliphatic heterocycles. The molecule has 1 N–H and O–H groups in total. The second kappa shape index (κ2) is 7.30. The molecule has 6 nitrogen and oxygen atoms in total. The molecular weight excluding hydrogens is 300 g/mol. The van der Waals surface area contributed by atoms with E-state index in [-0.39, 0.29) is 4.90 Å². The van der Waals surface area contributed by atoms with E-state index < -0.39 is 18.9 Å². The maximum atomic E-state index is 11.0. The Labute approximate surface area is 120 Å². The molecule has 1 aromatic rings. The topological polar surface area (TPSA) is 82.1 Å². The second-order valence-electron chi connectivity index (χ2n) is 3.85. The minimum absolute atomic E-state index is 0.173. The third kappa shape index (κ3) is 4.11. The van der Waals surface area contributed by atoms with E-state index in [1.54, 1.807) is 12.1 Å². The van der Waals surface area contributed by atoms with Gasteiger partial charge in [-0.05, 0) is 32.9 Å². The first-order valence-corrected chi connectivity index (χ1v) is 9.56. The molecule has 0 saturated carbocycles. The first kappa shape index (κ1) is 17.3. The third-order valence-electron chi connectivity index (χ3n) is 2.51. The Kier molecular flexibility index (Phi) is 6.30. The molecule has 0 aliphatic carbocycles. The summed E-state index contributed by atoms with van der Waals surface area (Å²) in [5.74, 6) is 0. The lowest BCUT2D eigenvalue weighted by Crippen LogP contribution is -2.56. The fourth-order valence-electron chi connectivity index (χ4n) is 1.78. The molecule has 0 heterocycles. The van der Waals surface area contributed by atoms with E-state index in [0.29, 0.717) is 25.0 Å². The van der Waals surface area contributed by atoms with Crippen molar-refractivity contribution in [1.29, 1.82) is 0 Å². The number of hydrogen-bond acceptors (Lipinski definition) is 5.